The molecule has 1 aliphatic heterocycles. The number of rotatable bonds is 6. The molecule has 5 heteroatoms. The summed E-state index contributed by atoms with van der Waals surface area (Å²) >= 11 is 0. The van der Waals surface area contributed by atoms with Crippen LogP contribution in [-0.2, 0) is 4.74 Å². The number of methoxy groups -OCH3 is 3. The smallest absolute Gasteiger partial charge is 0.131 e. The average molecular weight is 295 g/mol. The number of benzene rings is 1. The van der Waals surface area contributed by atoms with E-state index in [9.17, 15) is 0 Å². The minimum absolute atomic E-state index is 0.0178. The van der Waals surface area contributed by atoms with Crippen molar-refractivity contribution in [1.29, 1.82) is 0 Å². The molecule has 0 amide bonds. The van der Waals surface area contributed by atoms with Gasteiger partial charge in [0.15, 0.2) is 0 Å². The summed E-state index contributed by atoms with van der Waals surface area (Å²) in [5, 5.41) is 3.36. The molecule has 5 nitrogen and oxygen atoms in total. The van der Waals surface area contributed by atoms with Gasteiger partial charge in [0.25, 0.3) is 0 Å². The van der Waals surface area contributed by atoms with Gasteiger partial charge in [0, 0.05) is 18.7 Å². The van der Waals surface area contributed by atoms with Crippen LogP contribution in [0.1, 0.15) is 31.4 Å². The number of ether oxygens (including phenoxy) is 4. The van der Waals surface area contributed by atoms with Gasteiger partial charge in [-0.05, 0) is 26.8 Å². The average Bonchev–Trinajstić information content (AvgIpc) is 2.95. The molecule has 0 aromatic heterocycles. The molecule has 2 unspecified atom stereocenters. The quantitative estimate of drug-likeness (QED) is 0.874. The lowest BCUT2D eigenvalue weighted by Crippen LogP contribution is -2.40. The SMILES string of the molecule is CNC(c1c(OC)cc(OC)cc1OC)C1(C)CCCO1. The Morgan fingerprint density at radius 3 is 2.14 bits per heavy atom. The Labute approximate surface area is 126 Å². The normalized spacial score (nSPS) is 22.9. The molecule has 1 heterocycles. The van der Waals surface area contributed by atoms with E-state index in [1.807, 2.05) is 19.2 Å². The summed E-state index contributed by atoms with van der Waals surface area (Å²) in [6.45, 7) is 2.92. The second kappa shape index (κ2) is 6.54. The zero-order valence-corrected chi connectivity index (χ0v) is 13.5. The highest BCUT2D eigenvalue weighted by molar-refractivity contribution is 5.53. The van der Waals surface area contributed by atoms with Crippen LogP contribution in [0.5, 0.6) is 17.2 Å². The van der Waals surface area contributed by atoms with E-state index in [0.717, 1.165) is 36.5 Å². The van der Waals surface area contributed by atoms with Crippen LogP contribution in [0.15, 0.2) is 12.1 Å². The molecule has 1 N–H and O–H groups in total. The highest BCUT2D eigenvalue weighted by Crippen LogP contribution is 2.45. The van der Waals surface area contributed by atoms with Gasteiger partial charge in [-0.1, -0.05) is 0 Å². The van der Waals surface area contributed by atoms with Crippen molar-refractivity contribution >= 4 is 0 Å². The first kappa shape index (κ1) is 15.9. The number of hydrogen-bond donors (Lipinski definition) is 1. The van der Waals surface area contributed by atoms with Crippen molar-refractivity contribution in [1.82, 2.24) is 5.32 Å². The van der Waals surface area contributed by atoms with Gasteiger partial charge in [-0.2, -0.15) is 0 Å². The lowest BCUT2D eigenvalue weighted by Gasteiger charge is -2.35. The van der Waals surface area contributed by atoms with Crippen LogP contribution in [0.3, 0.4) is 0 Å². The Morgan fingerprint density at radius 2 is 1.76 bits per heavy atom. The van der Waals surface area contributed by atoms with Crippen LogP contribution in [0.4, 0.5) is 0 Å². The molecule has 0 spiro atoms. The van der Waals surface area contributed by atoms with Crippen molar-refractivity contribution < 1.29 is 18.9 Å². The Balaban J connectivity index is 2.53. The minimum Gasteiger partial charge on any atom is -0.496 e. The predicted octanol–water partition coefficient (Wildman–Crippen LogP) is 2.54. The fourth-order valence-corrected chi connectivity index (χ4v) is 3.10. The second-order valence-corrected chi connectivity index (χ2v) is 5.43. The molecule has 2 rings (SSSR count). The molecule has 1 fully saturated rings. The lowest BCUT2D eigenvalue weighted by molar-refractivity contribution is -0.0116. The van der Waals surface area contributed by atoms with Crippen LogP contribution in [0.25, 0.3) is 0 Å². The van der Waals surface area contributed by atoms with Gasteiger partial charge < -0.3 is 24.3 Å². The maximum atomic E-state index is 6.00. The fourth-order valence-electron chi connectivity index (χ4n) is 3.10. The van der Waals surface area contributed by atoms with E-state index in [1.165, 1.54) is 0 Å². The van der Waals surface area contributed by atoms with E-state index < -0.39 is 0 Å². The fraction of sp³-hybridized carbons (Fsp3) is 0.625. The maximum absolute atomic E-state index is 6.00. The number of likely N-dealkylation sites (N-methyl/N-ethyl adjacent to an activating group) is 1. The summed E-state index contributed by atoms with van der Waals surface area (Å²) < 4.78 is 22.4. The summed E-state index contributed by atoms with van der Waals surface area (Å²) in [7, 11) is 6.87. The first-order valence-electron chi connectivity index (χ1n) is 7.20. The first-order chi connectivity index (χ1) is 10.1. The van der Waals surface area contributed by atoms with Crippen molar-refractivity contribution in [3.05, 3.63) is 17.7 Å². The zero-order valence-electron chi connectivity index (χ0n) is 13.5. The van der Waals surface area contributed by atoms with E-state index in [-0.39, 0.29) is 11.6 Å². The number of nitrogens with one attached hydrogen (secondary N) is 1. The van der Waals surface area contributed by atoms with Crippen molar-refractivity contribution in [2.24, 2.45) is 0 Å². The maximum Gasteiger partial charge on any atom is 0.131 e. The van der Waals surface area contributed by atoms with Crippen molar-refractivity contribution in [2.75, 3.05) is 35.0 Å². The van der Waals surface area contributed by atoms with Gasteiger partial charge in [0.05, 0.1) is 38.5 Å². The van der Waals surface area contributed by atoms with Crippen molar-refractivity contribution in [3.63, 3.8) is 0 Å². The molecule has 0 saturated carbocycles. The molecule has 1 aromatic carbocycles. The molecule has 1 saturated heterocycles. The van der Waals surface area contributed by atoms with Gasteiger partial charge >= 0.3 is 0 Å². The molecule has 1 aliphatic rings. The Hall–Kier alpha value is -1.46. The second-order valence-electron chi connectivity index (χ2n) is 5.43. The minimum atomic E-state index is -0.274. The summed E-state index contributed by atoms with van der Waals surface area (Å²) in [6, 6.07) is 3.73. The number of hydrogen-bond acceptors (Lipinski definition) is 5. The summed E-state index contributed by atoms with van der Waals surface area (Å²) in [5.74, 6) is 2.18. The van der Waals surface area contributed by atoms with E-state index in [1.54, 1.807) is 21.3 Å². The lowest BCUT2D eigenvalue weighted by atomic mass is 9.86. The molecule has 0 aliphatic carbocycles. The molecular weight excluding hydrogens is 270 g/mol. The van der Waals surface area contributed by atoms with Crippen LogP contribution in [-0.4, -0.2) is 40.6 Å². The first-order valence-corrected chi connectivity index (χ1v) is 7.20. The van der Waals surface area contributed by atoms with Gasteiger partial charge in [-0.15, -0.1) is 0 Å². The highest BCUT2D eigenvalue weighted by atomic mass is 16.5. The van der Waals surface area contributed by atoms with Gasteiger partial charge in [-0.3, -0.25) is 0 Å². The Bertz CT molecular complexity index is 458. The highest BCUT2D eigenvalue weighted by Gasteiger charge is 2.41. The van der Waals surface area contributed by atoms with Gasteiger partial charge in [0.2, 0.25) is 0 Å². The topological polar surface area (TPSA) is 49.0 Å². The summed E-state index contributed by atoms with van der Waals surface area (Å²) in [4.78, 5) is 0. The monoisotopic (exact) mass is 295 g/mol. The standard InChI is InChI=1S/C16H25NO4/c1-16(7-6-8-21-16)15(17-2)14-12(19-4)9-11(18-3)10-13(14)20-5/h9-10,15,17H,6-8H2,1-5H3. The molecule has 118 valence electrons. The molecule has 1 aromatic rings. The summed E-state index contributed by atoms with van der Waals surface area (Å²) in [6.07, 6.45) is 2.06. The largest absolute Gasteiger partial charge is 0.496 e. The molecule has 2 atom stereocenters. The molecule has 0 radical (unpaired) electrons. The molecule has 21 heavy (non-hydrogen) atoms. The van der Waals surface area contributed by atoms with E-state index in [0.29, 0.717) is 5.75 Å². The zero-order chi connectivity index (χ0) is 15.5. The van der Waals surface area contributed by atoms with Crippen LogP contribution >= 0.6 is 0 Å². The van der Waals surface area contributed by atoms with E-state index in [4.69, 9.17) is 18.9 Å². The Morgan fingerprint density at radius 1 is 1.14 bits per heavy atom. The van der Waals surface area contributed by atoms with E-state index >= 15 is 0 Å². The van der Waals surface area contributed by atoms with Gasteiger partial charge in [0.1, 0.15) is 17.2 Å². The molecule has 0 bridgehead atoms. The van der Waals surface area contributed by atoms with Crippen LogP contribution in [0, 0.1) is 0 Å². The van der Waals surface area contributed by atoms with Crippen LogP contribution < -0.4 is 19.5 Å². The third-order valence-corrected chi connectivity index (χ3v) is 4.19. The third-order valence-electron chi connectivity index (χ3n) is 4.19. The van der Waals surface area contributed by atoms with Crippen molar-refractivity contribution in [2.45, 2.75) is 31.4 Å². The molecular formula is C16H25NO4. The van der Waals surface area contributed by atoms with Gasteiger partial charge in [-0.25, -0.2) is 0 Å². The predicted molar refractivity (Wildman–Crippen MR) is 81.5 cm³/mol. The van der Waals surface area contributed by atoms with Crippen LogP contribution in [0.2, 0.25) is 0 Å². The van der Waals surface area contributed by atoms with E-state index in [2.05, 4.69) is 12.2 Å². The van der Waals surface area contributed by atoms with Crippen molar-refractivity contribution in [3.8, 4) is 17.2 Å². The third kappa shape index (κ3) is 2.94. The Kier molecular flexibility index (Phi) is 4.96. The summed E-state index contributed by atoms with van der Waals surface area (Å²) in [5.41, 5.74) is 0.692.